The van der Waals surface area contributed by atoms with Crippen molar-refractivity contribution in [2.24, 2.45) is 11.8 Å². The van der Waals surface area contributed by atoms with Gasteiger partial charge in [-0.25, -0.2) is 0 Å². The van der Waals surface area contributed by atoms with E-state index in [0.717, 1.165) is 17.7 Å². The lowest BCUT2D eigenvalue weighted by molar-refractivity contribution is 0.457. The van der Waals surface area contributed by atoms with E-state index in [1.165, 1.54) is 70.6 Å². The first-order valence-corrected chi connectivity index (χ1v) is 9.65. The van der Waals surface area contributed by atoms with E-state index in [-0.39, 0.29) is 6.15 Å². The summed E-state index contributed by atoms with van der Waals surface area (Å²) in [6.07, 6.45) is 15.4. The fourth-order valence-electron chi connectivity index (χ4n) is 1.76. The third kappa shape index (κ3) is 29.0. The summed E-state index contributed by atoms with van der Waals surface area (Å²) in [7, 11) is 0. The Morgan fingerprint density at radius 1 is 0.571 bits per heavy atom. The second-order valence-corrected chi connectivity index (χ2v) is 7.09. The number of alkyl halides is 1. The second-order valence-electron chi connectivity index (χ2n) is 6.71. The Kier molecular flexibility index (Phi) is 28.1. The summed E-state index contributed by atoms with van der Waals surface area (Å²) in [5, 5.41) is 0. The van der Waals surface area contributed by atoms with Gasteiger partial charge < -0.3 is 6.15 Å². The molecule has 0 heterocycles. The predicted molar refractivity (Wildman–Crippen MR) is 102 cm³/mol. The summed E-state index contributed by atoms with van der Waals surface area (Å²) in [5.74, 6) is 2.55. The molecule has 0 rings (SSSR count). The molecule has 0 aromatic rings. The van der Waals surface area contributed by atoms with Gasteiger partial charge in [0.05, 0.1) is 0 Å². The summed E-state index contributed by atoms with van der Waals surface area (Å²) >= 11 is 5.61. The molecule has 0 unspecified atom stereocenters. The first-order chi connectivity index (χ1) is 9.56. The van der Waals surface area contributed by atoms with Gasteiger partial charge in [-0.15, -0.1) is 11.6 Å². The molecule has 0 saturated heterocycles. The van der Waals surface area contributed by atoms with Crippen molar-refractivity contribution >= 4 is 11.6 Å². The average Bonchev–Trinajstić information content (AvgIpc) is 2.41. The highest BCUT2D eigenvalue weighted by atomic mass is 35.5. The standard InChI is InChI=1S/C13H27Cl.C6H14.H3N/c1-2-3-4-5-6-7-8-9-10-11-12-13-14;1-5(2)6(3)4;/h2-13H2,1H3;5-6H,1-4H3;1H3. The van der Waals surface area contributed by atoms with Crippen LogP contribution in [0.3, 0.4) is 0 Å². The van der Waals surface area contributed by atoms with Crippen LogP contribution < -0.4 is 6.15 Å². The van der Waals surface area contributed by atoms with E-state index in [0.29, 0.717) is 0 Å². The molecule has 0 bridgehead atoms. The molecule has 1 nitrogen and oxygen atoms in total. The first-order valence-electron chi connectivity index (χ1n) is 9.12. The molecule has 3 N–H and O–H groups in total. The van der Waals surface area contributed by atoms with Crippen LogP contribution in [0, 0.1) is 11.8 Å². The minimum atomic E-state index is 0. The van der Waals surface area contributed by atoms with Gasteiger partial charge in [0.25, 0.3) is 0 Å². The van der Waals surface area contributed by atoms with Crippen LogP contribution in [0.1, 0.15) is 105 Å². The largest absolute Gasteiger partial charge is 0.344 e. The molecule has 0 aliphatic rings. The normalized spacial score (nSPS) is 10.3. The molecule has 0 aromatic heterocycles. The van der Waals surface area contributed by atoms with Gasteiger partial charge in [-0.2, -0.15) is 0 Å². The number of hydrogen-bond acceptors (Lipinski definition) is 1. The van der Waals surface area contributed by atoms with E-state index in [1.54, 1.807) is 0 Å². The average molecular weight is 322 g/mol. The lowest BCUT2D eigenvalue weighted by Crippen LogP contribution is -1.95. The van der Waals surface area contributed by atoms with Crippen molar-refractivity contribution in [2.45, 2.75) is 105 Å². The van der Waals surface area contributed by atoms with E-state index in [9.17, 15) is 0 Å². The van der Waals surface area contributed by atoms with Crippen LogP contribution in [0.5, 0.6) is 0 Å². The molecular formula is C19H44ClN. The molecule has 0 fully saturated rings. The molecule has 0 amide bonds. The minimum absolute atomic E-state index is 0. The van der Waals surface area contributed by atoms with Gasteiger partial charge >= 0.3 is 0 Å². The van der Waals surface area contributed by atoms with Crippen molar-refractivity contribution in [3.8, 4) is 0 Å². The summed E-state index contributed by atoms with van der Waals surface area (Å²) in [5.41, 5.74) is 0. The summed E-state index contributed by atoms with van der Waals surface area (Å²) in [4.78, 5) is 0. The zero-order chi connectivity index (χ0) is 15.6. The monoisotopic (exact) mass is 321 g/mol. The summed E-state index contributed by atoms with van der Waals surface area (Å²) in [6, 6.07) is 0. The van der Waals surface area contributed by atoms with Gasteiger partial charge in [0.1, 0.15) is 0 Å². The van der Waals surface area contributed by atoms with Crippen LogP contribution in [0.25, 0.3) is 0 Å². The van der Waals surface area contributed by atoms with Crippen molar-refractivity contribution in [1.82, 2.24) is 6.15 Å². The van der Waals surface area contributed by atoms with Gasteiger partial charge in [0.2, 0.25) is 0 Å². The molecule has 0 aromatic carbocycles. The van der Waals surface area contributed by atoms with Gasteiger partial charge in [0.15, 0.2) is 0 Å². The summed E-state index contributed by atoms with van der Waals surface area (Å²) in [6.45, 7) is 11.2. The zero-order valence-electron chi connectivity index (χ0n) is 15.7. The predicted octanol–water partition coefficient (Wildman–Crippen LogP) is 8.00. The minimum Gasteiger partial charge on any atom is -0.344 e. The lowest BCUT2D eigenvalue weighted by Gasteiger charge is -2.05. The van der Waals surface area contributed by atoms with Crippen molar-refractivity contribution in [3.63, 3.8) is 0 Å². The van der Waals surface area contributed by atoms with Gasteiger partial charge in [-0.1, -0.05) is 98.8 Å². The van der Waals surface area contributed by atoms with E-state index < -0.39 is 0 Å². The van der Waals surface area contributed by atoms with Crippen LogP contribution in [0.4, 0.5) is 0 Å². The topological polar surface area (TPSA) is 35.0 Å². The van der Waals surface area contributed by atoms with E-state index >= 15 is 0 Å². The highest BCUT2D eigenvalue weighted by Crippen LogP contribution is 2.11. The Hall–Kier alpha value is 0.250. The van der Waals surface area contributed by atoms with Gasteiger partial charge in [-0.05, 0) is 18.3 Å². The number of rotatable bonds is 12. The fourth-order valence-corrected chi connectivity index (χ4v) is 1.95. The molecule has 0 atom stereocenters. The summed E-state index contributed by atoms with van der Waals surface area (Å²) < 4.78 is 0. The van der Waals surface area contributed by atoms with Gasteiger partial charge in [-0.3, -0.25) is 0 Å². The van der Waals surface area contributed by atoms with Crippen LogP contribution >= 0.6 is 11.6 Å². The number of halogens is 1. The molecule has 0 saturated carbocycles. The Bertz CT molecular complexity index is 140. The maximum absolute atomic E-state index is 5.61. The van der Waals surface area contributed by atoms with Crippen molar-refractivity contribution < 1.29 is 0 Å². The first kappa shape index (κ1) is 26.2. The molecule has 2 heteroatoms. The third-order valence-corrected chi connectivity index (χ3v) is 4.34. The van der Waals surface area contributed by atoms with Gasteiger partial charge in [0, 0.05) is 5.88 Å². The van der Waals surface area contributed by atoms with Crippen molar-refractivity contribution in [2.75, 3.05) is 5.88 Å². The van der Waals surface area contributed by atoms with E-state index in [2.05, 4.69) is 34.6 Å². The molecule has 0 spiro atoms. The third-order valence-electron chi connectivity index (χ3n) is 4.07. The molecule has 0 radical (unpaired) electrons. The lowest BCUT2D eigenvalue weighted by atomic mass is 10.0. The Balaban J connectivity index is -0.000000394. The quantitative estimate of drug-likeness (QED) is 0.287. The molecule has 0 aliphatic heterocycles. The van der Waals surface area contributed by atoms with E-state index in [1.807, 2.05) is 0 Å². The van der Waals surface area contributed by atoms with Crippen LogP contribution in [0.15, 0.2) is 0 Å². The Morgan fingerprint density at radius 2 is 0.857 bits per heavy atom. The maximum Gasteiger partial charge on any atom is 0.0223 e. The Labute approximate surface area is 141 Å². The Morgan fingerprint density at radius 3 is 1.10 bits per heavy atom. The number of unbranched alkanes of at least 4 members (excludes halogenated alkanes) is 10. The number of hydrogen-bond donors (Lipinski definition) is 1. The zero-order valence-corrected chi connectivity index (χ0v) is 16.5. The highest BCUT2D eigenvalue weighted by molar-refractivity contribution is 6.17. The SMILES string of the molecule is CC(C)C(C)C.CCCCCCCCCCCCCCl.N. The van der Waals surface area contributed by atoms with Crippen LogP contribution in [0.2, 0.25) is 0 Å². The maximum atomic E-state index is 5.61. The van der Waals surface area contributed by atoms with Crippen molar-refractivity contribution in [1.29, 1.82) is 0 Å². The fraction of sp³-hybridized carbons (Fsp3) is 1.00. The molecule has 21 heavy (non-hydrogen) atoms. The molecule has 0 aliphatic carbocycles. The second kappa shape index (κ2) is 22.5. The van der Waals surface area contributed by atoms with Crippen LogP contribution in [-0.4, -0.2) is 5.88 Å². The highest BCUT2D eigenvalue weighted by Gasteiger charge is 1.95. The van der Waals surface area contributed by atoms with E-state index in [4.69, 9.17) is 11.6 Å². The molecular weight excluding hydrogens is 278 g/mol. The van der Waals surface area contributed by atoms with Crippen molar-refractivity contribution in [3.05, 3.63) is 0 Å². The molecule has 132 valence electrons. The van der Waals surface area contributed by atoms with Crippen LogP contribution in [-0.2, 0) is 0 Å². The smallest absolute Gasteiger partial charge is 0.0223 e.